The minimum atomic E-state index is 1.08. The third kappa shape index (κ3) is 3.56. The van der Waals surface area contributed by atoms with Crippen LogP contribution in [0.1, 0.15) is 19.3 Å². The number of para-hydroxylation sites is 1. The second kappa shape index (κ2) is 5.76. The number of rotatable bonds is 5. The molecule has 0 aromatic heterocycles. The zero-order valence-electron chi connectivity index (χ0n) is 9.28. The molecular formula is C13H20N2. The lowest BCUT2D eigenvalue weighted by atomic mass is 10.3. The topological polar surface area (TPSA) is 15.3 Å². The summed E-state index contributed by atoms with van der Waals surface area (Å²) in [7, 11) is 0. The number of benzene rings is 1. The maximum atomic E-state index is 3.44. The molecule has 0 bridgehead atoms. The second-order valence-electron chi connectivity index (χ2n) is 4.20. The van der Waals surface area contributed by atoms with E-state index in [9.17, 15) is 0 Å². The van der Waals surface area contributed by atoms with Crippen LogP contribution in [-0.4, -0.2) is 31.1 Å². The quantitative estimate of drug-likeness (QED) is 0.742. The van der Waals surface area contributed by atoms with E-state index in [4.69, 9.17) is 0 Å². The van der Waals surface area contributed by atoms with E-state index < -0.39 is 0 Å². The Morgan fingerprint density at radius 1 is 1.07 bits per heavy atom. The molecule has 2 nitrogen and oxygen atoms in total. The molecule has 1 saturated heterocycles. The SMILES string of the molecule is c1ccc(NCCCN2CCCC2)cc1. The average molecular weight is 204 g/mol. The van der Waals surface area contributed by atoms with Gasteiger partial charge in [0.25, 0.3) is 0 Å². The third-order valence-electron chi connectivity index (χ3n) is 2.95. The average Bonchev–Trinajstić information content (AvgIpc) is 2.79. The minimum absolute atomic E-state index is 1.08. The molecule has 1 aliphatic heterocycles. The highest BCUT2D eigenvalue weighted by Crippen LogP contribution is 2.08. The van der Waals surface area contributed by atoms with Gasteiger partial charge in [0.05, 0.1) is 0 Å². The van der Waals surface area contributed by atoms with E-state index in [0.717, 1.165) is 6.54 Å². The van der Waals surface area contributed by atoms with Crippen molar-refractivity contribution in [1.82, 2.24) is 4.90 Å². The molecule has 15 heavy (non-hydrogen) atoms. The standard InChI is InChI=1S/C13H20N2/c1-2-7-13(8-3-1)14-9-6-12-15-10-4-5-11-15/h1-3,7-8,14H,4-6,9-12H2. The highest BCUT2D eigenvalue weighted by molar-refractivity contribution is 5.42. The molecule has 1 fully saturated rings. The predicted octanol–water partition coefficient (Wildman–Crippen LogP) is 2.58. The number of likely N-dealkylation sites (tertiary alicyclic amines) is 1. The van der Waals surface area contributed by atoms with E-state index in [1.54, 1.807) is 0 Å². The van der Waals surface area contributed by atoms with Crippen LogP contribution in [0.2, 0.25) is 0 Å². The van der Waals surface area contributed by atoms with Crippen molar-refractivity contribution in [3.8, 4) is 0 Å². The van der Waals surface area contributed by atoms with Crippen LogP contribution in [-0.2, 0) is 0 Å². The van der Waals surface area contributed by atoms with Crippen LogP contribution in [0.15, 0.2) is 30.3 Å². The van der Waals surface area contributed by atoms with Crippen LogP contribution in [0, 0.1) is 0 Å². The van der Waals surface area contributed by atoms with Gasteiger partial charge in [-0.2, -0.15) is 0 Å². The van der Waals surface area contributed by atoms with Crippen LogP contribution in [0.5, 0.6) is 0 Å². The molecule has 2 rings (SSSR count). The molecule has 2 heteroatoms. The van der Waals surface area contributed by atoms with Crippen molar-refractivity contribution in [3.05, 3.63) is 30.3 Å². The van der Waals surface area contributed by atoms with Gasteiger partial charge in [0, 0.05) is 12.2 Å². The number of nitrogens with one attached hydrogen (secondary N) is 1. The van der Waals surface area contributed by atoms with Crippen LogP contribution in [0.4, 0.5) is 5.69 Å². The molecule has 82 valence electrons. The first-order valence-electron chi connectivity index (χ1n) is 5.96. The van der Waals surface area contributed by atoms with Gasteiger partial charge in [0.2, 0.25) is 0 Å². The van der Waals surface area contributed by atoms with Gasteiger partial charge in [-0.3, -0.25) is 0 Å². The zero-order chi connectivity index (χ0) is 10.3. The van der Waals surface area contributed by atoms with Gasteiger partial charge in [0.1, 0.15) is 0 Å². The fraction of sp³-hybridized carbons (Fsp3) is 0.538. The van der Waals surface area contributed by atoms with Gasteiger partial charge in [-0.15, -0.1) is 0 Å². The number of nitrogens with zero attached hydrogens (tertiary/aromatic N) is 1. The molecule has 0 radical (unpaired) electrons. The van der Waals surface area contributed by atoms with Gasteiger partial charge in [-0.05, 0) is 51.0 Å². The fourth-order valence-electron chi connectivity index (χ4n) is 2.10. The highest BCUT2D eigenvalue weighted by atomic mass is 15.1. The molecule has 1 aromatic rings. The first-order valence-corrected chi connectivity index (χ1v) is 5.96. The predicted molar refractivity (Wildman–Crippen MR) is 65.2 cm³/mol. The summed E-state index contributed by atoms with van der Waals surface area (Å²) in [4.78, 5) is 2.56. The molecule has 0 aliphatic carbocycles. The number of hydrogen-bond donors (Lipinski definition) is 1. The number of hydrogen-bond acceptors (Lipinski definition) is 2. The summed E-state index contributed by atoms with van der Waals surface area (Å²) < 4.78 is 0. The van der Waals surface area contributed by atoms with Crippen molar-refractivity contribution in [3.63, 3.8) is 0 Å². The number of anilines is 1. The lowest BCUT2D eigenvalue weighted by Gasteiger charge is -2.14. The summed E-state index contributed by atoms with van der Waals surface area (Å²) in [5.74, 6) is 0. The van der Waals surface area contributed by atoms with Crippen LogP contribution < -0.4 is 5.32 Å². The summed E-state index contributed by atoms with van der Waals surface area (Å²) in [6.07, 6.45) is 4.03. The van der Waals surface area contributed by atoms with E-state index in [0.29, 0.717) is 0 Å². The van der Waals surface area contributed by atoms with Gasteiger partial charge in [-0.1, -0.05) is 18.2 Å². The Kier molecular flexibility index (Phi) is 4.03. The molecule has 0 unspecified atom stereocenters. The summed E-state index contributed by atoms with van der Waals surface area (Å²) in [6, 6.07) is 10.4. The van der Waals surface area contributed by atoms with Gasteiger partial charge in [0.15, 0.2) is 0 Å². The van der Waals surface area contributed by atoms with Crippen molar-refractivity contribution in [2.45, 2.75) is 19.3 Å². The highest BCUT2D eigenvalue weighted by Gasteiger charge is 2.09. The monoisotopic (exact) mass is 204 g/mol. The third-order valence-corrected chi connectivity index (χ3v) is 2.95. The molecule has 1 aromatic carbocycles. The van der Waals surface area contributed by atoms with Gasteiger partial charge in [-0.25, -0.2) is 0 Å². The van der Waals surface area contributed by atoms with Crippen LogP contribution in [0.3, 0.4) is 0 Å². The summed E-state index contributed by atoms with van der Waals surface area (Å²) in [5, 5.41) is 3.44. The van der Waals surface area contributed by atoms with Crippen molar-refractivity contribution >= 4 is 5.69 Å². The lowest BCUT2D eigenvalue weighted by Crippen LogP contribution is -2.22. The maximum Gasteiger partial charge on any atom is 0.0340 e. The van der Waals surface area contributed by atoms with E-state index >= 15 is 0 Å². The Hall–Kier alpha value is -1.02. The van der Waals surface area contributed by atoms with Gasteiger partial charge < -0.3 is 10.2 Å². The Labute approximate surface area is 92.3 Å². The molecule has 0 atom stereocenters. The molecule has 1 aliphatic rings. The van der Waals surface area contributed by atoms with E-state index in [1.807, 2.05) is 0 Å². The molecule has 0 saturated carbocycles. The smallest absolute Gasteiger partial charge is 0.0340 e. The molecule has 0 spiro atoms. The summed E-state index contributed by atoms with van der Waals surface area (Å²) >= 11 is 0. The Morgan fingerprint density at radius 2 is 1.80 bits per heavy atom. The first kappa shape index (κ1) is 10.5. The minimum Gasteiger partial charge on any atom is -0.385 e. The normalized spacial score (nSPS) is 16.8. The first-order chi connectivity index (χ1) is 7.45. The van der Waals surface area contributed by atoms with Gasteiger partial charge >= 0.3 is 0 Å². The van der Waals surface area contributed by atoms with E-state index in [-0.39, 0.29) is 0 Å². The zero-order valence-corrected chi connectivity index (χ0v) is 9.28. The van der Waals surface area contributed by atoms with E-state index in [2.05, 4.69) is 40.5 Å². The van der Waals surface area contributed by atoms with Crippen molar-refractivity contribution in [2.24, 2.45) is 0 Å². The largest absolute Gasteiger partial charge is 0.385 e. The van der Waals surface area contributed by atoms with Crippen molar-refractivity contribution < 1.29 is 0 Å². The molecule has 0 amide bonds. The lowest BCUT2D eigenvalue weighted by molar-refractivity contribution is 0.337. The van der Waals surface area contributed by atoms with Crippen LogP contribution in [0.25, 0.3) is 0 Å². The Morgan fingerprint density at radius 3 is 2.53 bits per heavy atom. The second-order valence-corrected chi connectivity index (χ2v) is 4.20. The Bertz CT molecular complexity index is 265. The molecular weight excluding hydrogens is 184 g/mol. The Balaban J connectivity index is 1.59. The molecule has 1 heterocycles. The van der Waals surface area contributed by atoms with Crippen LogP contribution >= 0.6 is 0 Å². The fourth-order valence-corrected chi connectivity index (χ4v) is 2.10. The van der Waals surface area contributed by atoms with E-state index in [1.165, 1.54) is 44.6 Å². The van der Waals surface area contributed by atoms with Crippen molar-refractivity contribution in [2.75, 3.05) is 31.5 Å². The van der Waals surface area contributed by atoms with Crippen molar-refractivity contribution in [1.29, 1.82) is 0 Å². The molecule has 1 N–H and O–H groups in total. The summed E-state index contributed by atoms with van der Waals surface area (Å²) in [6.45, 7) is 4.96. The maximum absolute atomic E-state index is 3.44. The summed E-state index contributed by atoms with van der Waals surface area (Å²) in [5.41, 5.74) is 1.24.